The van der Waals surface area contributed by atoms with Gasteiger partial charge in [-0.3, -0.25) is 4.90 Å². The largest absolute Gasteiger partial charge is 0.491 e. The van der Waals surface area contributed by atoms with Crippen molar-refractivity contribution in [1.82, 2.24) is 4.90 Å². The normalized spacial score (nSPS) is 14.5. The highest BCUT2D eigenvalue weighted by Gasteiger charge is 2.19. The molecule has 0 saturated heterocycles. The fourth-order valence-electron chi connectivity index (χ4n) is 2.54. The molecular formula is C18H32N2O. The van der Waals surface area contributed by atoms with Gasteiger partial charge in [0.15, 0.2) is 0 Å². The quantitative estimate of drug-likeness (QED) is 0.751. The number of nitrogens with two attached hydrogens (primary N) is 1. The molecule has 1 aromatic rings. The van der Waals surface area contributed by atoms with E-state index in [9.17, 15) is 0 Å². The zero-order valence-corrected chi connectivity index (χ0v) is 14.3. The van der Waals surface area contributed by atoms with E-state index in [-0.39, 0.29) is 12.1 Å². The lowest BCUT2D eigenvalue weighted by Crippen LogP contribution is -2.36. The zero-order valence-electron chi connectivity index (χ0n) is 14.3. The van der Waals surface area contributed by atoms with Gasteiger partial charge in [-0.15, -0.1) is 0 Å². The fraction of sp³-hybridized carbons (Fsp3) is 0.667. The van der Waals surface area contributed by atoms with Crippen LogP contribution in [0, 0.1) is 5.92 Å². The Morgan fingerprint density at radius 3 is 2.14 bits per heavy atom. The van der Waals surface area contributed by atoms with Gasteiger partial charge in [-0.2, -0.15) is 0 Å². The highest BCUT2D eigenvalue weighted by Crippen LogP contribution is 2.24. The average Bonchev–Trinajstić information content (AvgIpc) is 2.47. The highest BCUT2D eigenvalue weighted by atomic mass is 16.5. The van der Waals surface area contributed by atoms with Crippen LogP contribution in [0.25, 0.3) is 0 Å². The Morgan fingerprint density at radius 1 is 1.10 bits per heavy atom. The number of hydrogen-bond acceptors (Lipinski definition) is 3. The average molecular weight is 292 g/mol. The van der Waals surface area contributed by atoms with Crippen LogP contribution >= 0.6 is 0 Å². The lowest BCUT2D eigenvalue weighted by atomic mass is 10.0. The Balaban J connectivity index is 2.82. The van der Waals surface area contributed by atoms with Crippen molar-refractivity contribution in [2.24, 2.45) is 11.7 Å². The van der Waals surface area contributed by atoms with Crippen LogP contribution in [0.2, 0.25) is 0 Å². The first-order chi connectivity index (χ1) is 10.0. The Kier molecular flexibility index (Phi) is 7.76. The molecule has 0 aliphatic heterocycles. The second kappa shape index (κ2) is 9.06. The van der Waals surface area contributed by atoms with Crippen molar-refractivity contribution in [3.05, 3.63) is 29.8 Å². The molecule has 0 saturated carbocycles. The van der Waals surface area contributed by atoms with Gasteiger partial charge in [0.25, 0.3) is 0 Å². The Bertz CT molecular complexity index is 389. The molecule has 0 spiro atoms. The third-order valence-electron chi connectivity index (χ3n) is 3.95. The first kappa shape index (κ1) is 18.0. The van der Waals surface area contributed by atoms with E-state index in [2.05, 4.69) is 49.9 Å². The van der Waals surface area contributed by atoms with Gasteiger partial charge in [0.2, 0.25) is 0 Å². The van der Waals surface area contributed by atoms with E-state index in [0.29, 0.717) is 12.5 Å². The molecule has 120 valence electrons. The van der Waals surface area contributed by atoms with Gasteiger partial charge in [-0.1, -0.05) is 39.3 Å². The lowest BCUT2D eigenvalue weighted by molar-refractivity contribution is 0.182. The molecule has 0 aliphatic rings. The Hall–Kier alpha value is -1.06. The number of ether oxygens (including phenoxy) is 1. The first-order valence-electron chi connectivity index (χ1n) is 8.22. The standard InChI is InChI=1S/C18H32N2O/c1-6-15(5)13-20(7-2)18(12-19)16-8-10-17(11-9-16)21-14(3)4/h8-11,14-15,18H,6-7,12-13,19H2,1-5H3. The molecule has 0 amide bonds. The second-order valence-electron chi connectivity index (χ2n) is 6.09. The topological polar surface area (TPSA) is 38.5 Å². The van der Waals surface area contributed by atoms with Crippen LogP contribution in [0.5, 0.6) is 5.75 Å². The molecule has 0 bridgehead atoms. The fourth-order valence-corrected chi connectivity index (χ4v) is 2.54. The Morgan fingerprint density at radius 2 is 1.71 bits per heavy atom. The minimum absolute atomic E-state index is 0.207. The van der Waals surface area contributed by atoms with Crippen LogP contribution in [0.15, 0.2) is 24.3 Å². The van der Waals surface area contributed by atoms with Crippen LogP contribution in [0.1, 0.15) is 52.6 Å². The molecule has 0 aromatic heterocycles. The minimum Gasteiger partial charge on any atom is -0.491 e. The van der Waals surface area contributed by atoms with Gasteiger partial charge < -0.3 is 10.5 Å². The second-order valence-corrected chi connectivity index (χ2v) is 6.09. The summed E-state index contributed by atoms with van der Waals surface area (Å²) in [6, 6.07) is 8.69. The third-order valence-corrected chi connectivity index (χ3v) is 3.95. The summed E-state index contributed by atoms with van der Waals surface area (Å²) in [6.45, 7) is 13.6. The van der Waals surface area contributed by atoms with Crippen LogP contribution in [0.4, 0.5) is 0 Å². The van der Waals surface area contributed by atoms with Crippen LogP contribution in [0.3, 0.4) is 0 Å². The summed E-state index contributed by atoms with van der Waals surface area (Å²) in [7, 11) is 0. The van der Waals surface area contributed by atoms with E-state index in [1.54, 1.807) is 0 Å². The summed E-state index contributed by atoms with van der Waals surface area (Å²) in [6.07, 6.45) is 1.41. The summed E-state index contributed by atoms with van der Waals surface area (Å²) >= 11 is 0. The summed E-state index contributed by atoms with van der Waals surface area (Å²) in [5.41, 5.74) is 7.32. The van der Waals surface area contributed by atoms with Gasteiger partial charge >= 0.3 is 0 Å². The molecule has 0 aliphatic carbocycles. The summed E-state index contributed by atoms with van der Waals surface area (Å²) in [5, 5.41) is 0. The molecule has 2 atom stereocenters. The van der Waals surface area contributed by atoms with Crippen molar-refractivity contribution >= 4 is 0 Å². The van der Waals surface area contributed by atoms with Crippen molar-refractivity contribution in [3.63, 3.8) is 0 Å². The van der Waals surface area contributed by atoms with Gasteiger partial charge in [-0.05, 0) is 44.0 Å². The monoisotopic (exact) mass is 292 g/mol. The SMILES string of the molecule is CCC(C)CN(CC)C(CN)c1ccc(OC(C)C)cc1. The van der Waals surface area contributed by atoms with Gasteiger partial charge in [0, 0.05) is 19.1 Å². The maximum atomic E-state index is 6.04. The number of nitrogens with zero attached hydrogens (tertiary/aromatic N) is 1. The smallest absolute Gasteiger partial charge is 0.119 e. The van der Waals surface area contributed by atoms with E-state index in [4.69, 9.17) is 10.5 Å². The molecule has 0 heterocycles. The van der Waals surface area contributed by atoms with Crippen molar-refractivity contribution in [1.29, 1.82) is 0 Å². The summed E-state index contributed by atoms with van der Waals surface area (Å²) in [4.78, 5) is 2.48. The number of benzene rings is 1. The van der Waals surface area contributed by atoms with Crippen LogP contribution in [-0.4, -0.2) is 30.6 Å². The minimum atomic E-state index is 0.207. The number of rotatable bonds is 9. The van der Waals surface area contributed by atoms with Gasteiger partial charge in [0.05, 0.1) is 6.10 Å². The van der Waals surface area contributed by atoms with Crippen molar-refractivity contribution in [2.45, 2.75) is 53.2 Å². The van der Waals surface area contributed by atoms with Gasteiger partial charge in [0.1, 0.15) is 5.75 Å². The number of likely N-dealkylation sites (N-methyl/N-ethyl adjacent to an activating group) is 1. The van der Waals surface area contributed by atoms with E-state index in [1.807, 2.05) is 13.8 Å². The van der Waals surface area contributed by atoms with Gasteiger partial charge in [-0.25, -0.2) is 0 Å². The van der Waals surface area contributed by atoms with Crippen molar-refractivity contribution in [2.75, 3.05) is 19.6 Å². The molecule has 0 radical (unpaired) electrons. The van der Waals surface area contributed by atoms with Crippen LogP contribution in [-0.2, 0) is 0 Å². The predicted molar refractivity (Wildman–Crippen MR) is 90.7 cm³/mol. The molecule has 0 fully saturated rings. The van der Waals surface area contributed by atoms with E-state index in [1.165, 1.54) is 12.0 Å². The van der Waals surface area contributed by atoms with Crippen LogP contribution < -0.4 is 10.5 Å². The molecule has 21 heavy (non-hydrogen) atoms. The molecular weight excluding hydrogens is 260 g/mol. The predicted octanol–water partition coefficient (Wildman–Crippen LogP) is 3.84. The number of hydrogen-bond donors (Lipinski definition) is 1. The van der Waals surface area contributed by atoms with Crippen molar-refractivity contribution < 1.29 is 4.74 Å². The van der Waals surface area contributed by atoms with E-state index in [0.717, 1.165) is 18.8 Å². The summed E-state index contributed by atoms with van der Waals surface area (Å²) < 4.78 is 5.71. The molecule has 3 heteroatoms. The van der Waals surface area contributed by atoms with E-state index >= 15 is 0 Å². The molecule has 2 unspecified atom stereocenters. The summed E-state index contributed by atoms with van der Waals surface area (Å²) in [5.74, 6) is 1.62. The maximum absolute atomic E-state index is 6.04. The molecule has 1 aromatic carbocycles. The molecule has 1 rings (SSSR count). The molecule has 2 N–H and O–H groups in total. The molecule has 3 nitrogen and oxygen atoms in total. The Labute approximate surface area is 130 Å². The van der Waals surface area contributed by atoms with Crippen molar-refractivity contribution in [3.8, 4) is 5.75 Å². The third kappa shape index (κ3) is 5.68. The lowest BCUT2D eigenvalue weighted by Gasteiger charge is -2.32. The maximum Gasteiger partial charge on any atom is 0.119 e. The zero-order chi connectivity index (χ0) is 15.8. The van der Waals surface area contributed by atoms with E-state index < -0.39 is 0 Å². The highest BCUT2D eigenvalue weighted by molar-refractivity contribution is 5.29. The first-order valence-corrected chi connectivity index (χ1v) is 8.22.